The third-order valence-corrected chi connectivity index (χ3v) is 2.92. The molecule has 1 aromatic rings. The molecule has 0 aromatic carbocycles. The van der Waals surface area contributed by atoms with Gasteiger partial charge in [0.25, 0.3) is 0 Å². The average Bonchev–Trinajstić information content (AvgIpc) is 2.81. The molecule has 0 amide bonds. The van der Waals surface area contributed by atoms with Gasteiger partial charge in [-0.3, -0.25) is 5.10 Å². The summed E-state index contributed by atoms with van der Waals surface area (Å²) in [5, 5.41) is 7.14. The lowest BCUT2D eigenvalue weighted by Gasteiger charge is -2.06. The van der Waals surface area contributed by atoms with Crippen LogP contribution < -0.4 is 5.73 Å². The highest BCUT2D eigenvalue weighted by molar-refractivity contribution is 5.47. The molecule has 4 heteroatoms. The van der Waals surface area contributed by atoms with Gasteiger partial charge in [-0.05, 0) is 19.3 Å². The maximum absolute atomic E-state index is 5.84. The number of nitrogens with one attached hydrogen (secondary N) is 1. The molecule has 1 aliphatic carbocycles. The first-order valence-electron chi connectivity index (χ1n) is 5.60. The van der Waals surface area contributed by atoms with Crippen molar-refractivity contribution in [2.75, 3.05) is 12.3 Å². The number of anilines is 1. The van der Waals surface area contributed by atoms with Crippen LogP contribution in [-0.4, -0.2) is 22.9 Å². The second-order valence-electron chi connectivity index (χ2n) is 4.43. The number of nitrogens with two attached hydrogens (primary N) is 1. The van der Waals surface area contributed by atoms with Crippen molar-refractivity contribution in [3.05, 3.63) is 11.3 Å². The molecule has 4 nitrogen and oxygen atoms in total. The van der Waals surface area contributed by atoms with E-state index in [1.165, 1.54) is 11.3 Å². The predicted molar refractivity (Wildman–Crippen MR) is 59.9 cm³/mol. The standard InChI is InChI=1S/C11H19N3O/c1-4-15-8-5-7(8)10-9(6(2)3)11(12)14-13-10/h6-8H,4-5H2,1-3H3,(H3,12,13,14). The first-order valence-corrected chi connectivity index (χ1v) is 5.60. The number of aromatic amines is 1. The van der Waals surface area contributed by atoms with E-state index in [1.54, 1.807) is 0 Å². The molecule has 0 bridgehead atoms. The molecular formula is C11H19N3O. The molecule has 2 unspecified atom stereocenters. The Kier molecular flexibility index (Phi) is 2.69. The Morgan fingerprint density at radius 3 is 2.93 bits per heavy atom. The van der Waals surface area contributed by atoms with Crippen molar-refractivity contribution in [3.63, 3.8) is 0 Å². The number of nitrogen functional groups attached to an aromatic ring is 1. The molecule has 84 valence electrons. The molecule has 1 aromatic heterocycles. The zero-order valence-corrected chi connectivity index (χ0v) is 9.58. The molecule has 15 heavy (non-hydrogen) atoms. The van der Waals surface area contributed by atoms with Gasteiger partial charge in [-0.15, -0.1) is 0 Å². The van der Waals surface area contributed by atoms with E-state index in [9.17, 15) is 0 Å². The Morgan fingerprint density at radius 1 is 1.60 bits per heavy atom. The molecular weight excluding hydrogens is 190 g/mol. The highest BCUT2D eigenvalue weighted by Gasteiger charge is 2.42. The molecule has 0 saturated heterocycles. The van der Waals surface area contributed by atoms with Gasteiger partial charge >= 0.3 is 0 Å². The monoisotopic (exact) mass is 209 g/mol. The number of hydrogen-bond acceptors (Lipinski definition) is 3. The quantitative estimate of drug-likeness (QED) is 0.797. The van der Waals surface area contributed by atoms with E-state index in [0.29, 0.717) is 23.8 Å². The number of rotatable bonds is 4. The zero-order chi connectivity index (χ0) is 11.0. The lowest BCUT2D eigenvalue weighted by atomic mass is 10.0. The fraction of sp³-hybridized carbons (Fsp3) is 0.727. The van der Waals surface area contributed by atoms with Gasteiger partial charge in [0.15, 0.2) is 0 Å². The van der Waals surface area contributed by atoms with Gasteiger partial charge in [0.05, 0.1) is 6.10 Å². The van der Waals surface area contributed by atoms with E-state index >= 15 is 0 Å². The van der Waals surface area contributed by atoms with E-state index in [-0.39, 0.29) is 0 Å². The number of aromatic nitrogens is 2. The SMILES string of the molecule is CCOC1CC1c1[nH]nc(N)c1C(C)C. The van der Waals surface area contributed by atoms with E-state index in [0.717, 1.165) is 13.0 Å². The third-order valence-electron chi connectivity index (χ3n) is 2.92. The molecule has 1 fully saturated rings. The van der Waals surface area contributed by atoms with Crippen molar-refractivity contribution in [1.82, 2.24) is 10.2 Å². The Labute approximate surface area is 90.2 Å². The van der Waals surface area contributed by atoms with Gasteiger partial charge in [0.1, 0.15) is 5.82 Å². The Bertz CT molecular complexity index is 346. The summed E-state index contributed by atoms with van der Waals surface area (Å²) in [6.07, 6.45) is 1.46. The summed E-state index contributed by atoms with van der Waals surface area (Å²) in [6.45, 7) is 7.09. The number of ether oxygens (including phenoxy) is 1. The van der Waals surface area contributed by atoms with Gasteiger partial charge in [-0.25, -0.2) is 0 Å². The maximum atomic E-state index is 5.84. The van der Waals surface area contributed by atoms with Crippen molar-refractivity contribution in [2.24, 2.45) is 0 Å². The molecule has 0 radical (unpaired) electrons. The maximum Gasteiger partial charge on any atom is 0.148 e. The van der Waals surface area contributed by atoms with E-state index < -0.39 is 0 Å². The van der Waals surface area contributed by atoms with Crippen molar-refractivity contribution in [2.45, 2.75) is 45.1 Å². The van der Waals surface area contributed by atoms with Crippen LogP contribution in [0, 0.1) is 0 Å². The third kappa shape index (κ3) is 1.86. The van der Waals surface area contributed by atoms with E-state index in [1.807, 2.05) is 6.92 Å². The summed E-state index contributed by atoms with van der Waals surface area (Å²) >= 11 is 0. The van der Waals surface area contributed by atoms with E-state index in [4.69, 9.17) is 10.5 Å². The summed E-state index contributed by atoms with van der Waals surface area (Å²) in [7, 11) is 0. The van der Waals surface area contributed by atoms with Crippen molar-refractivity contribution >= 4 is 5.82 Å². The van der Waals surface area contributed by atoms with Crippen LogP contribution in [0.5, 0.6) is 0 Å². The Hall–Kier alpha value is -1.03. The van der Waals surface area contributed by atoms with Crippen molar-refractivity contribution in [3.8, 4) is 0 Å². The largest absolute Gasteiger partial charge is 0.382 e. The molecule has 2 atom stereocenters. The minimum atomic E-state index is 0.368. The van der Waals surface area contributed by atoms with Crippen LogP contribution in [0.3, 0.4) is 0 Å². The first-order chi connectivity index (χ1) is 7.15. The molecule has 1 heterocycles. The normalized spacial score (nSPS) is 24.8. The summed E-state index contributed by atoms with van der Waals surface area (Å²) in [4.78, 5) is 0. The lowest BCUT2D eigenvalue weighted by Crippen LogP contribution is -2.00. The van der Waals surface area contributed by atoms with Gasteiger partial charge in [0.2, 0.25) is 0 Å². The summed E-state index contributed by atoms with van der Waals surface area (Å²) < 4.78 is 5.58. The highest BCUT2D eigenvalue weighted by atomic mass is 16.5. The average molecular weight is 209 g/mol. The van der Waals surface area contributed by atoms with E-state index in [2.05, 4.69) is 24.0 Å². The van der Waals surface area contributed by atoms with Gasteiger partial charge in [-0.2, -0.15) is 5.10 Å². The number of hydrogen-bond donors (Lipinski definition) is 2. The molecule has 0 spiro atoms. The molecule has 3 N–H and O–H groups in total. The minimum absolute atomic E-state index is 0.368. The highest BCUT2D eigenvalue weighted by Crippen LogP contribution is 2.45. The minimum Gasteiger partial charge on any atom is -0.382 e. The fourth-order valence-electron chi connectivity index (χ4n) is 2.14. The lowest BCUT2D eigenvalue weighted by molar-refractivity contribution is 0.128. The predicted octanol–water partition coefficient (Wildman–Crippen LogP) is 2.01. The molecule has 1 aliphatic rings. The van der Waals surface area contributed by atoms with Crippen LogP contribution in [0.2, 0.25) is 0 Å². The Balaban J connectivity index is 2.16. The van der Waals surface area contributed by atoms with Crippen LogP contribution in [0.25, 0.3) is 0 Å². The number of nitrogens with zero attached hydrogens (tertiary/aromatic N) is 1. The van der Waals surface area contributed by atoms with Crippen molar-refractivity contribution < 1.29 is 4.74 Å². The van der Waals surface area contributed by atoms with Crippen LogP contribution >= 0.6 is 0 Å². The van der Waals surface area contributed by atoms with Gasteiger partial charge in [0, 0.05) is 23.8 Å². The summed E-state index contributed by atoms with van der Waals surface area (Å²) in [5.41, 5.74) is 8.19. The van der Waals surface area contributed by atoms with Gasteiger partial charge in [-0.1, -0.05) is 13.8 Å². The van der Waals surface area contributed by atoms with Crippen molar-refractivity contribution in [1.29, 1.82) is 0 Å². The summed E-state index contributed by atoms with van der Waals surface area (Å²) in [5.74, 6) is 1.54. The fourth-order valence-corrected chi connectivity index (χ4v) is 2.14. The number of H-pyrrole nitrogens is 1. The zero-order valence-electron chi connectivity index (χ0n) is 9.58. The first kappa shape index (κ1) is 10.5. The van der Waals surface area contributed by atoms with Gasteiger partial charge < -0.3 is 10.5 Å². The molecule has 1 saturated carbocycles. The summed E-state index contributed by atoms with van der Waals surface area (Å²) in [6, 6.07) is 0. The smallest absolute Gasteiger partial charge is 0.148 e. The second kappa shape index (κ2) is 3.85. The Morgan fingerprint density at radius 2 is 2.33 bits per heavy atom. The van der Waals surface area contributed by atoms with Crippen LogP contribution in [0.4, 0.5) is 5.82 Å². The van der Waals surface area contributed by atoms with Crippen LogP contribution in [-0.2, 0) is 4.74 Å². The molecule has 0 aliphatic heterocycles. The molecule has 2 rings (SSSR count). The van der Waals surface area contributed by atoms with Crippen LogP contribution in [0.1, 0.15) is 50.3 Å². The topological polar surface area (TPSA) is 63.9 Å². The van der Waals surface area contributed by atoms with Crippen LogP contribution in [0.15, 0.2) is 0 Å². The second-order valence-corrected chi connectivity index (χ2v) is 4.43.